The van der Waals surface area contributed by atoms with Crippen LogP contribution in [0.25, 0.3) is 10.8 Å². The monoisotopic (exact) mass is 380 g/mol. The summed E-state index contributed by atoms with van der Waals surface area (Å²) in [6, 6.07) is 4.55. The van der Waals surface area contributed by atoms with E-state index >= 15 is 0 Å². The van der Waals surface area contributed by atoms with Gasteiger partial charge in [0, 0.05) is 5.39 Å². The van der Waals surface area contributed by atoms with Crippen molar-refractivity contribution in [1.82, 2.24) is 0 Å². The second-order valence-corrected chi connectivity index (χ2v) is 6.63. The number of halogens is 4. The van der Waals surface area contributed by atoms with Gasteiger partial charge in [0.25, 0.3) is 0 Å². The smallest absolute Gasteiger partial charge is 0.469 e. The second kappa shape index (κ2) is 6.51. The van der Waals surface area contributed by atoms with Crippen molar-refractivity contribution in [2.45, 2.75) is 18.9 Å². The van der Waals surface area contributed by atoms with E-state index in [0.29, 0.717) is 0 Å². The fourth-order valence-electron chi connectivity index (χ4n) is 2.17. The van der Waals surface area contributed by atoms with Crippen molar-refractivity contribution in [2.75, 3.05) is 7.11 Å². The molecule has 0 N–H and O–H groups in total. The summed E-state index contributed by atoms with van der Waals surface area (Å²) in [5.74, 6) is -2.16. The molecule has 0 heterocycles. The van der Waals surface area contributed by atoms with Gasteiger partial charge in [0.1, 0.15) is 5.82 Å². The van der Waals surface area contributed by atoms with E-state index in [1.54, 1.807) is 0 Å². The fourth-order valence-corrected chi connectivity index (χ4v) is 2.70. The van der Waals surface area contributed by atoms with Gasteiger partial charge in [-0.2, -0.15) is 21.6 Å². The van der Waals surface area contributed by atoms with Crippen molar-refractivity contribution in [3.8, 4) is 5.75 Å². The number of hydrogen-bond donors (Lipinski definition) is 0. The quantitative estimate of drug-likeness (QED) is 0.353. The van der Waals surface area contributed by atoms with Gasteiger partial charge in [0.05, 0.1) is 13.5 Å². The Morgan fingerprint density at radius 2 is 1.84 bits per heavy atom. The van der Waals surface area contributed by atoms with Crippen LogP contribution in [0.1, 0.15) is 11.1 Å². The summed E-state index contributed by atoms with van der Waals surface area (Å²) in [7, 11) is -4.84. The number of benzene rings is 2. The molecule has 0 bridgehead atoms. The van der Waals surface area contributed by atoms with Crippen molar-refractivity contribution < 1.29 is 39.7 Å². The maximum Gasteiger partial charge on any atom is 0.534 e. The lowest BCUT2D eigenvalue weighted by atomic mass is 9.98. The Morgan fingerprint density at radius 1 is 1.20 bits per heavy atom. The number of carbonyl (C=O) groups is 1. The SMILES string of the molecule is COC(=O)Cc1cc2ccc(F)cc2c(OS(=O)(=O)C(F)(F)F)c1C. The lowest BCUT2D eigenvalue weighted by molar-refractivity contribution is -0.139. The predicted molar refractivity (Wildman–Crippen MR) is 80.0 cm³/mol. The second-order valence-electron chi connectivity index (χ2n) is 5.09. The molecule has 10 heteroatoms. The number of esters is 1. The van der Waals surface area contributed by atoms with Crippen molar-refractivity contribution in [3.63, 3.8) is 0 Å². The molecule has 0 aliphatic carbocycles. The van der Waals surface area contributed by atoms with Crippen LogP contribution < -0.4 is 4.18 Å². The summed E-state index contributed by atoms with van der Waals surface area (Å²) in [5, 5.41) is 0.0391. The molecule has 0 aliphatic rings. The molecule has 5 nitrogen and oxygen atoms in total. The lowest BCUT2D eigenvalue weighted by Crippen LogP contribution is -2.28. The highest BCUT2D eigenvalue weighted by molar-refractivity contribution is 7.88. The van der Waals surface area contributed by atoms with Gasteiger partial charge in [-0.1, -0.05) is 12.1 Å². The molecule has 0 saturated heterocycles. The molecule has 0 fully saturated rings. The Hall–Kier alpha value is -2.36. The lowest BCUT2D eigenvalue weighted by Gasteiger charge is -2.16. The molecular formula is C15H12F4O5S. The van der Waals surface area contributed by atoms with Crippen LogP contribution >= 0.6 is 0 Å². The predicted octanol–water partition coefficient (Wildman–Crippen LogP) is 3.23. The van der Waals surface area contributed by atoms with E-state index in [-0.39, 0.29) is 28.3 Å². The van der Waals surface area contributed by atoms with Crippen LogP contribution in [0.4, 0.5) is 17.6 Å². The topological polar surface area (TPSA) is 69.7 Å². The van der Waals surface area contributed by atoms with E-state index in [0.717, 1.165) is 19.2 Å². The van der Waals surface area contributed by atoms with Crippen molar-refractivity contribution >= 4 is 26.9 Å². The summed E-state index contributed by atoms with van der Waals surface area (Å²) in [6.07, 6.45) is -0.321. The highest BCUT2D eigenvalue weighted by atomic mass is 32.2. The number of methoxy groups -OCH3 is 1. The van der Waals surface area contributed by atoms with Gasteiger partial charge in [0.2, 0.25) is 0 Å². The van der Waals surface area contributed by atoms with E-state index < -0.39 is 33.2 Å². The number of carbonyl (C=O) groups excluding carboxylic acids is 1. The minimum atomic E-state index is -5.97. The maximum atomic E-state index is 13.5. The van der Waals surface area contributed by atoms with Gasteiger partial charge in [-0.15, -0.1) is 0 Å². The zero-order valence-corrected chi connectivity index (χ0v) is 13.8. The number of hydrogen-bond acceptors (Lipinski definition) is 5. The Morgan fingerprint density at radius 3 is 2.40 bits per heavy atom. The molecule has 2 aromatic carbocycles. The molecule has 0 amide bonds. The average molecular weight is 380 g/mol. The Balaban J connectivity index is 2.72. The number of alkyl halides is 3. The maximum absolute atomic E-state index is 13.5. The molecule has 0 unspecified atom stereocenters. The van der Waals surface area contributed by atoms with Gasteiger partial charge < -0.3 is 8.92 Å². The summed E-state index contributed by atoms with van der Waals surface area (Å²) in [6.45, 7) is 1.27. The van der Waals surface area contributed by atoms with Gasteiger partial charge in [-0.25, -0.2) is 4.39 Å². The Kier molecular flexibility index (Phi) is 4.94. The van der Waals surface area contributed by atoms with Crippen LogP contribution in [0.2, 0.25) is 0 Å². The largest absolute Gasteiger partial charge is 0.534 e. The van der Waals surface area contributed by atoms with Crippen molar-refractivity contribution in [2.24, 2.45) is 0 Å². The molecule has 0 atom stereocenters. The zero-order valence-electron chi connectivity index (χ0n) is 13.0. The van der Waals surface area contributed by atoms with E-state index in [1.165, 1.54) is 19.1 Å². The summed E-state index contributed by atoms with van der Waals surface area (Å²) >= 11 is 0. The van der Waals surface area contributed by atoms with E-state index in [4.69, 9.17) is 0 Å². The first kappa shape index (κ1) is 19.0. The Bertz CT molecular complexity index is 935. The molecule has 0 aliphatic heterocycles. The normalized spacial score (nSPS) is 12.2. The molecule has 136 valence electrons. The molecule has 2 aromatic rings. The molecule has 2 rings (SSSR count). The van der Waals surface area contributed by atoms with Gasteiger partial charge in [-0.3, -0.25) is 4.79 Å². The molecule has 0 radical (unpaired) electrons. The van der Waals surface area contributed by atoms with Crippen LogP contribution in [0, 0.1) is 12.7 Å². The molecule has 0 saturated carbocycles. The highest BCUT2D eigenvalue weighted by Gasteiger charge is 2.49. The molecule has 0 aromatic heterocycles. The van der Waals surface area contributed by atoms with Crippen LogP contribution in [0.5, 0.6) is 5.75 Å². The fraction of sp³-hybridized carbons (Fsp3) is 0.267. The first-order chi connectivity index (χ1) is 11.5. The van der Waals surface area contributed by atoms with Crippen molar-refractivity contribution in [3.05, 3.63) is 41.2 Å². The highest BCUT2D eigenvalue weighted by Crippen LogP contribution is 2.37. The average Bonchev–Trinajstić information content (AvgIpc) is 2.50. The first-order valence-corrected chi connectivity index (χ1v) is 8.16. The standard InChI is InChI=1S/C15H12F4O5S/c1-8-10(6-13(20)23-2)5-9-3-4-11(16)7-12(9)14(8)24-25(21,22)15(17,18)19/h3-5,7H,6H2,1-2H3. The third-order valence-electron chi connectivity index (χ3n) is 3.45. The third kappa shape index (κ3) is 3.84. The number of fused-ring (bicyclic) bond motifs is 1. The minimum Gasteiger partial charge on any atom is -0.469 e. The summed E-state index contributed by atoms with van der Waals surface area (Å²) in [5.41, 5.74) is -5.51. The van der Waals surface area contributed by atoms with Crippen molar-refractivity contribution in [1.29, 1.82) is 0 Å². The number of ether oxygens (including phenoxy) is 1. The van der Waals surface area contributed by atoms with E-state index in [9.17, 15) is 30.8 Å². The van der Waals surface area contributed by atoms with E-state index in [2.05, 4.69) is 8.92 Å². The number of rotatable bonds is 4. The van der Waals surface area contributed by atoms with Gasteiger partial charge in [-0.05, 0) is 35.6 Å². The van der Waals surface area contributed by atoms with E-state index in [1.807, 2.05) is 0 Å². The third-order valence-corrected chi connectivity index (χ3v) is 4.40. The minimum absolute atomic E-state index is 0.0451. The van der Waals surface area contributed by atoms with Gasteiger partial charge in [0.15, 0.2) is 5.75 Å². The molecule has 0 spiro atoms. The van der Waals surface area contributed by atoms with Crippen LogP contribution in [-0.2, 0) is 26.1 Å². The van der Waals surface area contributed by atoms with Gasteiger partial charge >= 0.3 is 21.6 Å². The Labute approximate surface area is 140 Å². The zero-order chi connectivity index (χ0) is 19.0. The van der Waals surface area contributed by atoms with Crippen LogP contribution in [-0.4, -0.2) is 27.0 Å². The first-order valence-electron chi connectivity index (χ1n) is 6.75. The molecular weight excluding hydrogens is 368 g/mol. The summed E-state index contributed by atoms with van der Waals surface area (Å²) < 4.78 is 82.8. The van der Waals surface area contributed by atoms with Crippen LogP contribution in [0.15, 0.2) is 24.3 Å². The van der Waals surface area contributed by atoms with Crippen LogP contribution in [0.3, 0.4) is 0 Å². The summed E-state index contributed by atoms with van der Waals surface area (Å²) in [4.78, 5) is 11.5. The molecule has 25 heavy (non-hydrogen) atoms.